The molecule has 0 aliphatic carbocycles. The number of nitrogens with zero attached hydrogens (tertiary/aromatic N) is 1. The van der Waals surface area contributed by atoms with E-state index in [-0.39, 0.29) is 10.9 Å². The lowest BCUT2D eigenvalue weighted by atomic mass is 10.2. The van der Waals surface area contributed by atoms with E-state index in [2.05, 4.69) is 0 Å². The first-order valence-corrected chi connectivity index (χ1v) is 9.46. The Morgan fingerprint density at radius 1 is 1.50 bits per heavy atom. The third-order valence-corrected chi connectivity index (χ3v) is 6.83. The standard InChI is InChI=1S/C13H18ClNO3S2/c1-10-9-19-6-5-15(10)20(16,17)13-4-3-11(8-14)7-12(13)18-2/h3-4,7,10H,5-6,8-9H2,1-2H3. The Labute approximate surface area is 129 Å². The minimum Gasteiger partial charge on any atom is -0.495 e. The zero-order valence-electron chi connectivity index (χ0n) is 11.5. The number of rotatable bonds is 4. The van der Waals surface area contributed by atoms with Gasteiger partial charge in [0.15, 0.2) is 0 Å². The van der Waals surface area contributed by atoms with E-state index in [1.165, 1.54) is 7.11 Å². The van der Waals surface area contributed by atoms with Gasteiger partial charge in [-0.05, 0) is 24.6 Å². The van der Waals surface area contributed by atoms with Crippen LogP contribution in [0.15, 0.2) is 23.1 Å². The molecular weight excluding hydrogens is 318 g/mol. The fourth-order valence-electron chi connectivity index (χ4n) is 2.20. The van der Waals surface area contributed by atoms with Crippen molar-refractivity contribution in [2.45, 2.75) is 23.7 Å². The molecule has 1 unspecified atom stereocenters. The first-order chi connectivity index (χ1) is 9.50. The zero-order valence-corrected chi connectivity index (χ0v) is 13.9. The van der Waals surface area contributed by atoms with Crippen molar-refractivity contribution in [2.24, 2.45) is 0 Å². The first kappa shape index (κ1) is 15.9. The lowest BCUT2D eigenvalue weighted by Gasteiger charge is -2.32. The molecule has 0 radical (unpaired) electrons. The second-order valence-electron chi connectivity index (χ2n) is 4.66. The number of sulfonamides is 1. The molecule has 0 saturated carbocycles. The van der Waals surface area contributed by atoms with E-state index in [9.17, 15) is 8.42 Å². The fourth-order valence-corrected chi connectivity index (χ4v) is 5.36. The first-order valence-electron chi connectivity index (χ1n) is 6.33. The number of hydrogen-bond acceptors (Lipinski definition) is 4. The number of halogens is 1. The number of ether oxygens (including phenoxy) is 1. The van der Waals surface area contributed by atoms with Crippen LogP contribution in [0.5, 0.6) is 5.75 Å². The van der Waals surface area contributed by atoms with Crippen LogP contribution in [0.25, 0.3) is 0 Å². The van der Waals surface area contributed by atoms with E-state index in [4.69, 9.17) is 16.3 Å². The molecule has 7 heteroatoms. The molecule has 1 heterocycles. The summed E-state index contributed by atoms with van der Waals surface area (Å²) in [7, 11) is -2.05. The maximum absolute atomic E-state index is 12.8. The number of benzene rings is 1. The summed E-state index contributed by atoms with van der Waals surface area (Å²) in [4.78, 5) is 0.215. The Morgan fingerprint density at radius 3 is 2.85 bits per heavy atom. The molecule has 0 spiro atoms. The SMILES string of the molecule is COc1cc(CCl)ccc1S(=O)(=O)N1CCSCC1C. The van der Waals surface area contributed by atoms with Crippen molar-refractivity contribution in [1.29, 1.82) is 0 Å². The topological polar surface area (TPSA) is 46.6 Å². The third kappa shape index (κ3) is 3.08. The molecule has 20 heavy (non-hydrogen) atoms. The Kier molecular flexibility index (Phi) is 5.23. The quantitative estimate of drug-likeness (QED) is 0.793. The van der Waals surface area contributed by atoms with Gasteiger partial charge in [0.2, 0.25) is 10.0 Å². The van der Waals surface area contributed by atoms with Gasteiger partial charge in [0, 0.05) is 30.0 Å². The van der Waals surface area contributed by atoms with Crippen LogP contribution in [-0.2, 0) is 15.9 Å². The van der Waals surface area contributed by atoms with Crippen molar-refractivity contribution >= 4 is 33.4 Å². The molecule has 0 bridgehead atoms. The number of methoxy groups -OCH3 is 1. The highest BCUT2D eigenvalue weighted by Gasteiger charge is 2.33. The average molecular weight is 336 g/mol. The smallest absolute Gasteiger partial charge is 0.247 e. The van der Waals surface area contributed by atoms with Gasteiger partial charge >= 0.3 is 0 Å². The van der Waals surface area contributed by atoms with Crippen LogP contribution >= 0.6 is 23.4 Å². The summed E-state index contributed by atoms with van der Waals surface area (Å²) < 4.78 is 32.3. The second kappa shape index (κ2) is 6.56. The summed E-state index contributed by atoms with van der Waals surface area (Å²) in [6.07, 6.45) is 0. The fraction of sp³-hybridized carbons (Fsp3) is 0.538. The summed E-state index contributed by atoms with van der Waals surface area (Å²) in [6, 6.07) is 4.99. The van der Waals surface area contributed by atoms with Gasteiger partial charge in [-0.2, -0.15) is 16.1 Å². The molecule has 2 rings (SSSR count). The molecular formula is C13H18ClNO3S2. The average Bonchev–Trinajstić information content (AvgIpc) is 2.46. The lowest BCUT2D eigenvalue weighted by molar-refractivity contribution is 0.360. The van der Waals surface area contributed by atoms with Crippen LogP contribution in [0.2, 0.25) is 0 Å². The maximum atomic E-state index is 12.8. The minimum atomic E-state index is -3.53. The Hall–Kier alpha value is -0.430. The predicted octanol–water partition coefficient (Wildman–Crippen LogP) is 2.56. The van der Waals surface area contributed by atoms with Crippen molar-refractivity contribution in [2.75, 3.05) is 25.2 Å². The van der Waals surface area contributed by atoms with E-state index < -0.39 is 10.0 Å². The van der Waals surface area contributed by atoms with Crippen LogP contribution in [0.4, 0.5) is 0 Å². The van der Waals surface area contributed by atoms with Crippen molar-refractivity contribution < 1.29 is 13.2 Å². The van der Waals surface area contributed by atoms with Crippen molar-refractivity contribution in [3.8, 4) is 5.75 Å². The summed E-state index contributed by atoms with van der Waals surface area (Å²) in [5.74, 6) is 2.33. The van der Waals surface area contributed by atoms with Gasteiger partial charge in [-0.3, -0.25) is 0 Å². The minimum absolute atomic E-state index is 0.00356. The highest BCUT2D eigenvalue weighted by Crippen LogP contribution is 2.31. The number of thioether (sulfide) groups is 1. The zero-order chi connectivity index (χ0) is 14.8. The van der Waals surface area contributed by atoms with Crippen LogP contribution in [0.3, 0.4) is 0 Å². The molecule has 1 aromatic carbocycles. The van der Waals surface area contributed by atoms with Gasteiger partial charge in [0.1, 0.15) is 10.6 Å². The number of alkyl halides is 1. The Morgan fingerprint density at radius 2 is 2.25 bits per heavy atom. The van der Waals surface area contributed by atoms with E-state index in [1.54, 1.807) is 34.3 Å². The van der Waals surface area contributed by atoms with Gasteiger partial charge in [-0.25, -0.2) is 8.42 Å². The summed E-state index contributed by atoms with van der Waals surface area (Å²) in [5.41, 5.74) is 0.838. The Bertz CT molecular complexity index is 577. The molecule has 1 saturated heterocycles. The highest BCUT2D eigenvalue weighted by atomic mass is 35.5. The van der Waals surface area contributed by atoms with Gasteiger partial charge in [0.05, 0.1) is 7.11 Å². The maximum Gasteiger partial charge on any atom is 0.247 e. The van der Waals surface area contributed by atoms with E-state index in [1.807, 2.05) is 6.92 Å². The summed E-state index contributed by atoms with van der Waals surface area (Å²) >= 11 is 7.56. The van der Waals surface area contributed by atoms with E-state index >= 15 is 0 Å². The van der Waals surface area contributed by atoms with Gasteiger partial charge < -0.3 is 4.74 Å². The van der Waals surface area contributed by atoms with Crippen molar-refractivity contribution in [1.82, 2.24) is 4.31 Å². The normalized spacial score (nSPS) is 20.9. The molecule has 1 aliphatic rings. The second-order valence-corrected chi connectivity index (χ2v) is 7.93. The van der Waals surface area contributed by atoms with Crippen molar-refractivity contribution in [3.63, 3.8) is 0 Å². The molecule has 0 aromatic heterocycles. The van der Waals surface area contributed by atoms with Crippen LogP contribution in [-0.4, -0.2) is 43.9 Å². The van der Waals surface area contributed by atoms with Crippen LogP contribution < -0.4 is 4.74 Å². The summed E-state index contributed by atoms with van der Waals surface area (Å²) in [6.45, 7) is 2.47. The monoisotopic (exact) mass is 335 g/mol. The Balaban J connectivity index is 2.43. The molecule has 1 aliphatic heterocycles. The summed E-state index contributed by atoms with van der Waals surface area (Å²) in [5, 5.41) is 0. The highest BCUT2D eigenvalue weighted by molar-refractivity contribution is 7.99. The number of hydrogen-bond donors (Lipinski definition) is 0. The molecule has 1 aromatic rings. The largest absolute Gasteiger partial charge is 0.495 e. The molecule has 4 nitrogen and oxygen atoms in total. The molecule has 0 N–H and O–H groups in total. The van der Waals surface area contributed by atoms with Crippen LogP contribution in [0, 0.1) is 0 Å². The molecule has 112 valence electrons. The van der Waals surface area contributed by atoms with E-state index in [0.717, 1.165) is 17.1 Å². The molecule has 0 amide bonds. The van der Waals surface area contributed by atoms with Gasteiger partial charge in [0.25, 0.3) is 0 Å². The predicted molar refractivity (Wildman–Crippen MR) is 83.2 cm³/mol. The molecule has 1 atom stereocenters. The third-order valence-electron chi connectivity index (χ3n) is 3.28. The van der Waals surface area contributed by atoms with Crippen LogP contribution in [0.1, 0.15) is 12.5 Å². The van der Waals surface area contributed by atoms with Gasteiger partial charge in [-0.15, -0.1) is 11.6 Å². The van der Waals surface area contributed by atoms with Gasteiger partial charge in [-0.1, -0.05) is 6.07 Å². The van der Waals surface area contributed by atoms with Crippen molar-refractivity contribution in [3.05, 3.63) is 23.8 Å². The lowest BCUT2D eigenvalue weighted by Crippen LogP contribution is -2.44. The van der Waals surface area contributed by atoms with E-state index in [0.29, 0.717) is 18.2 Å². The molecule has 1 fully saturated rings.